The van der Waals surface area contributed by atoms with E-state index in [1.807, 2.05) is 11.3 Å². The molecule has 2 aliphatic carbocycles. The fourth-order valence-corrected chi connectivity index (χ4v) is 8.90. The summed E-state index contributed by atoms with van der Waals surface area (Å²) in [5.74, 6) is 0. The van der Waals surface area contributed by atoms with Crippen molar-refractivity contribution >= 4 is 48.5 Å². The van der Waals surface area contributed by atoms with E-state index in [-0.39, 0.29) is 5.41 Å². The Morgan fingerprint density at radius 2 is 1.13 bits per heavy atom. The molecule has 2 heteroatoms. The Balaban J connectivity index is 1.26. The number of benzene rings is 6. The number of anilines is 2. The number of allylic oxidation sites excluding steroid dienone is 4. The Bertz CT molecular complexity index is 2330. The molecule has 9 rings (SSSR count). The van der Waals surface area contributed by atoms with E-state index in [0.29, 0.717) is 0 Å². The van der Waals surface area contributed by atoms with Crippen LogP contribution in [0.2, 0.25) is 0 Å². The van der Waals surface area contributed by atoms with Crippen LogP contribution in [0.25, 0.3) is 36.9 Å². The zero-order valence-corrected chi connectivity index (χ0v) is 26.2. The van der Waals surface area contributed by atoms with Gasteiger partial charge in [0.2, 0.25) is 0 Å². The Morgan fingerprint density at radius 1 is 0.543 bits per heavy atom. The molecule has 0 bridgehead atoms. The standard InChI is InChI=1S/C44H31NS/c1-30-28-32(45(31-14-3-2-4-15-31)33-25-26-38-37-20-8-12-24-42(37)46-43(38)29-33)16-13-27-44(39-21-9-5-17-34(30)39)40-22-10-6-18-35(40)36-19-7-11-23-41(36)44/h2-26,28-29H,1,27H2/b16-13-,32-28+. The van der Waals surface area contributed by atoms with Gasteiger partial charge in [-0.05, 0) is 87.9 Å². The van der Waals surface area contributed by atoms with Gasteiger partial charge in [0.15, 0.2) is 0 Å². The number of hydrogen-bond donors (Lipinski definition) is 0. The lowest BCUT2D eigenvalue weighted by Crippen LogP contribution is -2.27. The molecule has 6 aromatic carbocycles. The minimum Gasteiger partial charge on any atom is -0.310 e. The van der Waals surface area contributed by atoms with Crippen LogP contribution in [0.5, 0.6) is 0 Å². The van der Waals surface area contributed by atoms with E-state index in [2.05, 4.69) is 169 Å². The van der Waals surface area contributed by atoms with Gasteiger partial charge in [0.05, 0.1) is 5.41 Å². The van der Waals surface area contributed by atoms with Crippen molar-refractivity contribution in [3.63, 3.8) is 0 Å². The molecule has 0 unspecified atom stereocenters. The summed E-state index contributed by atoms with van der Waals surface area (Å²) in [5.41, 5.74) is 11.9. The van der Waals surface area contributed by atoms with E-state index in [0.717, 1.165) is 29.1 Å². The van der Waals surface area contributed by atoms with Gasteiger partial charge in [-0.2, -0.15) is 0 Å². The number of para-hydroxylation sites is 1. The van der Waals surface area contributed by atoms with Gasteiger partial charge < -0.3 is 4.90 Å². The first-order valence-corrected chi connectivity index (χ1v) is 16.7. The van der Waals surface area contributed by atoms with E-state index in [1.165, 1.54) is 53.6 Å². The molecule has 0 N–H and O–H groups in total. The van der Waals surface area contributed by atoms with Crippen LogP contribution < -0.4 is 4.90 Å². The molecule has 0 radical (unpaired) electrons. The van der Waals surface area contributed by atoms with E-state index in [9.17, 15) is 0 Å². The van der Waals surface area contributed by atoms with Crippen molar-refractivity contribution in [1.82, 2.24) is 0 Å². The predicted octanol–water partition coefficient (Wildman–Crippen LogP) is 12.1. The molecule has 0 fully saturated rings. The summed E-state index contributed by atoms with van der Waals surface area (Å²) in [5, 5.41) is 2.62. The van der Waals surface area contributed by atoms with E-state index < -0.39 is 0 Å². The zero-order chi connectivity index (χ0) is 30.7. The van der Waals surface area contributed by atoms with Crippen molar-refractivity contribution in [3.8, 4) is 11.1 Å². The van der Waals surface area contributed by atoms with Gasteiger partial charge in [0.1, 0.15) is 0 Å². The van der Waals surface area contributed by atoms with Gasteiger partial charge in [-0.25, -0.2) is 0 Å². The molecule has 0 aliphatic heterocycles. The smallest absolute Gasteiger partial charge is 0.0504 e. The fraction of sp³-hybridized carbons (Fsp3) is 0.0455. The highest BCUT2D eigenvalue weighted by molar-refractivity contribution is 7.25. The van der Waals surface area contributed by atoms with Crippen LogP contribution in [0, 0.1) is 0 Å². The SMILES string of the molecule is C=C1/C=C(N(c2ccccc2)c2ccc3c(c2)sc2ccccc23)\C=C/CC2(c3ccccc31)c1ccccc1-c1ccccc12. The van der Waals surface area contributed by atoms with Crippen LogP contribution in [0.4, 0.5) is 11.4 Å². The molecule has 0 amide bonds. The highest BCUT2D eigenvalue weighted by Gasteiger charge is 2.45. The number of fused-ring (bicyclic) bond motifs is 10. The van der Waals surface area contributed by atoms with Crippen molar-refractivity contribution in [2.24, 2.45) is 0 Å². The second kappa shape index (κ2) is 10.6. The maximum atomic E-state index is 4.73. The molecular formula is C44H31NS. The lowest BCUT2D eigenvalue weighted by Gasteiger charge is -2.34. The second-order valence-corrected chi connectivity index (χ2v) is 13.3. The maximum Gasteiger partial charge on any atom is 0.0504 e. The van der Waals surface area contributed by atoms with Crippen LogP contribution in [-0.2, 0) is 5.41 Å². The van der Waals surface area contributed by atoms with Crippen molar-refractivity contribution in [2.75, 3.05) is 4.90 Å². The third-order valence-electron chi connectivity index (χ3n) is 9.72. The molecule has 1 nitrogen and oxygen atoms in total. The maximum absolute atomic E-state index is 4.73. The summed E-state index contributed by atoms with van der Waals surface area (Å²) in [6.07, 6.45) is 7.79. The van der Waals surface area contributed by atoms with Crippen LogP contribution in [0.15, 0.2) is 176 Å². The summed E-state index contributed by atoms with van der Waals surface area (Å²) in [4.78, 5) is 2.38. The molecule has 0 atom stereocenters. The molecule has 7 aromatic rings. The van der Waals surface area contributed by atoms with Crippen molar-refractivity contribution in [2.45, 2.75) is 11.8 Å². The van der Waals surface area contributed by atoms with Crippen LogP contribution in [0.3, 0.4) is 0 Å². The molecule has 1 aromatic heterocycles. The van der Waals surface area contributed by atoms with E-state index >= 15 is 0 Å². The first-order valence-electron chi connectivity index (χ1n) is 15.9. The van der Waals surface area contributed by atoms with Crippen molar-refractivity contribution in [1.29, 1.82) is 0 Å². The van der Waals surface area contributed by atoms with E-state index in [1.54, 1.807) is 0 Å². The van der Waals surface area contributed by atoms with Crippen molar-refractivity contribution < 1.29 is 0 Å². The predicted molar refractivity (Wildman–Crippen MR) is 197 cm³/mol. The van der Waals surface area contributed by atoms with E-state index in [4.69, 9.17) is 6.58 Å². The van der Waals surface area contributed by atoms with Crippen LogP contribution >= 0.6 is 11.3 Å². The second-order valence-electron chi connectivity index (χ2n) is 12.2. The summed E-state index contributed by atoms with van der Waals surface area (Å²) < 4.78 is 2.60. The average molecular weight is 606 g/mol. The quantitative estimate of drug-likeness (QED) is 0.194. The average Bonchev–Trinajstić information content (AvgIpc) is 3.63. The number of nitrogens with zero attached hydrogens (tertiary/aromatic N) is 1. The molecule has 0 saturated heterocycles. The van der Waals surface area contributed by atoms with Crippen molar-refractivity contribution in [3.05, 3.63) is 198 Å². The lowest BCUT2D eigenvalue weighted by atomic mass is 9.68. The van der Waals surface area contributed by atoms with Crippen LogP contribution in [0.1, 0.15) is 28.7 Å². The van der Waals surface area contributed by atoms with Gasteiger partial charge in [0, 0.05) is 37.2 Å². The Labute approximate surface area is 273 Å². The molecule has 218 valence electrons. The number of hydrogen-bond acceptors (Lipinski definition) is 2. The summed E-state index contributed by atoms with van der Waals surface area (Å²) in [6, 6.07) is 53.1. The van der Waals surface area contributed by atoms with Gasteiger partial charge in [-0.1, -0.05) is 128 Å². The summed E-state index contributed by atoms with van der Waals surface area (Å²) in [6.45, 7) is 4.73. The largest absolute Gasteiger partial charge is 0.310 e. The van der Waals surface area contributed by atoms with Gasteiger partial charge in [-0.15, -0.1) is 11.3 Å². The highest BCUT2D eigenvalue weighted by atomic mass is 32.1. The Morgan fingerprint density at radius 3 is 1.87 bits per heavy atom. The van der Waals surface area contributed by atoms with Gasteiger partial charge >= 0.3 is 0 Å². The Kier molecular flexibility index (Phi) is 6.19. The minimum atomic E-state index is -0.319. The molecule has 2 aliphatic rings. The lowest BCUT2D eigenvalue weighted by molar-refractivity contribution is 0.643. The minimum absolute atomic E-state index is 0.319. The first-order chi connectivity index (χ1) is 22.7. The Hall–Kier alpha value is -5.44. The zero-order valence-electron chi connectivity index (χ0n) is 25.4. The van der Waals surface area contributed by atoms with Gasteiger partial charge in [-0.3, -0.25) is 0 Å². The van der Waals surface area contributed by atoms with Crippen LogP contribution in [-0.4, -0.2) is 0 Å². The molecule has 1 heterocycles. The highest BCUT2D eigenvalue weighted by Crippen LogP contribution is 2.56. The first kappa shape index (κ1) is 26.9. The topological polar surface area (TPSA) is 3.24 Å². The monoisotopic (exact) mass is 605 g/mol. The molecule has 46 heavy (non-hydrogen) atoms. The number of thiophene rings is 1. The fourth-order valence-electron chi connectivity index (χ4n) is 7.76. The molecule has 0 saturated carbocycles. The number of rotatable bonds is 3. The van der Waals surface area contributed by atoms with Gasteiger partial charge in [0.25, 0.3) is 0 Å². The molecule has 1 spiro atoms. The summed E-state index contributed by atoms with van der Waals surface area (Å²) in [7, 11) is 0. The summed E-state index contributed by atoms with van der Waals surface area (Å²) >= 11 is 1.86. The molecular weight excluding hydrogens is 575 g/mol. The third-order valence-corrected chi connectivity index (χ3v) is 10.9. The third kappa shape index (κ3) is 4.00. The normalized spacial score (nSPS) is 16.5.